The maximum Gasteiger partial charge on any atom is 0.388 e. The van der Waals surface area contributed by atoms with Crippen LogP contribution in [0.5, 0.6) is 11.5 Å². The Kier molecular flexibility index (Phi) is 3.97. The Balaban J connectivity index is 1.73. The van der Waals surface area contributed by atoms with E-state index >= 15 is 0 Å². The lowest BCUT2D eigenvalue weighted by Crippen LogP contribution is -2.75. The predicted octanol–water partition coefficient (Wildman–Crippen LogP) is 0.736. The van der Waals surface area contributed by atoms with Crippen molar-refractivity contribution in [3.05, 3.63) is 58.1 Å². The van der Waals surface area contributed by atoms with Gasteiger partial charge in [0.25, 0.3) is 0 Å². The van der Waals surface area contributed by atoms with E-state index in [1.807, 2.05) is 12.1 Å². The van der Waals surface area contributed by atoms with Gasteiger partial charge in [-0.3, -0.25) is 10.6 Å². The van der Waals surface area contributed by atoms with E-state index in [9.17, 15) is 4.79 Å². The van der Waals surface area contributed by atoms with Gasteiger partial charge < -0.3 is 9.47 Å². The van der Waals surface area contributed by atoms with Crippen LogP contribution in [-0.4, -0.2) is 18.6 Å². The first kappa shape index (κ1) is 14.4. The van der Waals surface area contributed by atoms with Gasteiger partial charge in [-0.25, -0.2) is 4.79 Å². The molecule has 0 spiro atoms. The second-order valence-corrected chi connectivity index (χ2v) is 5.40. The lowest BCUT2D eigenvalue weighted by molar-refractivity contribution is -0.721. The third-order valence-electron chi connectivity index (χ3n) is 3.00. The van der Waals surface area contributed by atoms with E-state index in [-0.39, 0.29) is 12.6 Å². The Morgan fingerprint density at radius 3 is 2.77 bits per heavy atom. The minimum absolute atomic E-state index is 0.149. The Hall–Kier alpha value is -2.54. The van der Waals surface area contributed by atoms with Crippen LogP contribution in [0.25, 0.3) is 0 Å². The summed E-state index contributed by atoms with van der Waals surface area (Å²) < 4.78 is 11.3. The van der Waals surface area contributed by atoms with E-state index < -0.39 is 5.97 Å². The molecule has 0 saturated heterocycles. The number of nitrogens with one attached hydrogen (secondary N) is 1. The summed E-state index contributed by atoms with van der Waals surface area (Å²) >= 11 is 3.35. The van der Waals surface area contributed by atoms with Gasteiger partial charge in [-0.1, -0.05) is 27.2 Å². The fourth-order valence-electron chi connectivity index (χ4n) is 1.90. The van der Waals surface area contributed by atoms with Crippen molar-refractivity contribution in [1.82, 2.24) is 0 Å². The lowest BCUT2D eigenvalue weighted by atomic mass is 10.2. The normalized spacial score (nSPS) is 13.0. The number of halogens is 1. The summed E-state index contributed by atoms with van der Waals surface area (Å²) in [6.07, 6.45) is 0. The third-order valence-corrected chi connectivity index (χ3v) is 3.49. The predicted molar refractivity (Wildman–Crippen MR) is 81.4 cm³/mol. The number of hydrogen-bond donors (Lipinski definition) is 2. The molecule has 0 aromatic heterocycles. The average Bonchev–Trinajstić information content (AvgIpc) is 2.99. The molecule has 3 rings (SSSR count). The molecule has 0 fully saturated rings. The van der Waals surface area contributed by atoms with Gasteiger partial charge in [0.15, 0.2) is 11.5 Å². The van der Waals surface area contributed by atoms with Crippen LogP contribution in [-0.2, 0) is 4.84 Å². The van der Waals surface area contributed by atoms with Crippen LogP contribution in [0.1, 0.15) is 15.9 Å². The number of benzene rings is 2. The minimum atomic E-state index is -0.573. The molecule has 0 saturated carbocycles. The minimum Gasteiger partial charge on any atom is -0.454 e. The number of ether oxygens (including phenoxy) is 2. The molecule has 0 radical (unpaired) electrons. The standard InChI is InChI=1S/C15H11BrN2O4/c16-11-3-1-2-9(6-11)14(17)18-22-15(19)10-4-5-12-13(7-10)21-8-20-12/h1-7H,8H2,(H2,17,18)/p+1. The molecule has 1 aliphatic rings. The van der Waals surface area contributed by atoms with Crippen molar-refractivity contribution < 1.29 is 24.3 Å². The van der Waals surface area contributed by atoms with Crippen LogP contribution in [0.4, 0.5) is 0 Å². The zero-order valence-electron chi connectivity index (χ0n) is 11.3. The number of fused-ring (bicyclic) bond motifs is 1. The van der Waals surface area contributed by atoms with Crippen LogP contribution >= 0.6 is 15.9 Å². The number of carbonyl (C=O) groups excluding carboxylic acids is 1. The second kappa shape index (κ2) is 6.07. The first-order valence-electron chi connectivity index (χ1n) is 6.39. The summed E-state index contributed by atoms with van der Waals surface area (Å²) in [5, 5.41) is 2.44. The molecule has 112 valence electrons. The first-order valence-corrected chi connectivity index (χ1v) is 7.18. The Bertz CT molecular complexity index is 761. The molecule has 2 aromatic carbocycles. The first-order chi connectivity index (χ1) is 10.6. The molecule has 0 aliphatic carbocycles. The molecule has 0 atom stereocenters. The molecular formula is C15H12BrN2O4+. The van der Waals surface area contributed by atoms with Crippen molar-refractivity contribution >= 4 is 27.7 Å². The summed E-state index contributed by atoms with van der Waals surface area (Å²) in [5.41, 5.74) is 6.88. The van der Waals surface area contributed by atoms with Gasteiger partial charge in [0.1, 0.15) is 0 Å². The second-order valence-electron chi connectivity index (χ2n) is 4.48. The molecule has 0 bridgehead atoms. The van der Waals surface area contributed by atoms with Crippen LogP contribution in [0.2, 0.25) is 0 Å². The smallest absolute Gasteiger partial charge is 0.388 e. The molecule has 1 aliphatic heterocycles. The summed E-state index contributed by atoms with van der Waals surface area (Å²) in [4.78, 5) is 17.0. The van der Waals surface area contributed by atoms with Gasteiger partial charge in [-0.2, -0.15) is 0 Å². The van der Waals surface area contributed by atoms with Crippen LogP contribution < -0.4 is 20.4 Å². The Labute approximate surface area is 134 Å². The van der Waals surface area contributed by atoms with Crippen molar-refractivity contribution in [3.63, 3.8) is 0 Å². The van der Waals surface area contributed by atoms with Crippen molar-refractivity contribution in [3.8, 4) is 11.5 Å². The maximum atomic E-state index is 12.0. The fourth-order valence-corrected chi connectivity index (χ4v) is 2.30. The van der Waals surface area contributed by atoms with Crippen molar-refractivity contribution in [2.45, 2.75) is 0 Å². The van der Waals surface area contributed by atoms with Gasteiger partial charge in [0.2, 0.25) is 6.79 Å². The number of rotatable bonds is 3. The van der Waals surface area contributed by atoms with Crippen LogP contribution in [0.3, 0.4) is 0 Å². The molecule has 3 N–H and O–H groups in total. The summed E-state index contributed by atoms with van der Waals surface area (Å²) in [6, 6.07) is 12.1. The SMILES string of the molecule is NC(=[NH+]OC(=O)c1ccc2c(c1)OCO2)c1cccc(Br)c1. The van der Waals surface area contributed by atoms with Gasteiger partial charge >= 0.3 is 11.8 Å². The molecule has 22 heavy (non-hydrogen) atoms. The van der Waals surface area contributed by atoms with Gasteiger partial charge in [-0.15, -0.1) is 0 Å². The summed E-state index contributed by atoms with van der Waals surface area (Å²) in [5.74, 6) is 0.773. The average molecular weight is 364 g/mol. The van der Waals surface area contributed by atoms with E-state index in [1.54, 1.807) is 30.3 Å². The Morgan fingerprint density at radius 1 is 1.14 bits per heavy atom. The van der Waals surface area contributed by atoms with Crippen LogP contribution in [0.15, 0.2) is 46.9 Å². The highest BCUT2D eigenvalue weighted by atomic mass is 79.9. The largest absolute Gasteiger partial charge is 0.454 e. The van der Waals surface area contributed by atoms with E-state index in [2.05, 4.69) is 21.1 Å². The number of nitrogen functional groups attached to an aromatic ring is 1. The lowest BCUT2D eigenvalue weighted by Gasteiger charge is -2.00. The highest BCUT2D eigenvalue weighted by Crippen LogP contribution is 2.32. The highest BCUT2D eigenvalue weighted by Gasteiger charge is 2.18. The molecule has 0 unspecified atom stereocenters. The molecular weight excluding hydrogens is 352 g/mol. The number of amidine groups is 1. The van der Waals surface area contributed by atoms with Gasteiger partial charge in [0.05, 0.1) is 11.1 Å². The van der Waals surface area contributed by atoms with Crippen molar-refractivity contribution in [2.75, 3.05) is 6.79 Å². The maximum absolute atomic E-state index is 12.0. The molecule has 1 heterocycles. The zero-order valence-corrected chi connectivity index (χ0v) is 12.9. The van der Waals surface area contributed by atoms with Crippen molar-refractivity contribution in [1.29, 1.82) is 0 Å². The van der Waals surface area contributed by atoms with E-state index in [1.165, 1.54) is 0 Å². The van der Waals surface area contributed by atoms with Gasteiger partial charge in [0, 0.05) is 4.47 Å². The highest BCUT2D eigenvalue weighted by molar-refractivity contribution is 9.10. The van der Waals surface area contributed by atoms with E-state index in [0.717, 1.165) is 4.47 Å². The molecule has 6 nitrogen and oxygen atoms in total. The van der Waals surface area contributed by atoms with E-state index in [4.69, 9.17) is 20.0 Å². The van der Waals surface area contributed by atoms with Gasteiger partial charge in [-0.05, 0) is 36.4 Å². The fraction of sp³-hybridized carbons (Fsp3) is 0.0667. The molecule has 7 heteroatoms. The zero-order chi connectivity index (χ0) is 15.5. The third kappa shape index (κ3) is 3.04. The quantitative estimate of drug-likeness (QED) is 0.363. The number of carbonyl (C=O) groups is 1. The monoisotopic (exact) mass is 363 g/mol. The van der Waals surface area contributed by atoms with Crippen molar-refractivity contribution in [2.24, 2.45) is 5.73 Å². The molecule has 0 amide bonds. The van der Waals surface area contributed by atoms with Crippen LogP contribution in [0, 0.1) is 0 Å². The summed E-state index contributed by atoms with van der Waals surface area (Å²) in [7, 11) is 0. The topological polar surface area (TPSA) is 84.8 Å². The van der Waals surface area contributed by atoms with E-state index in [0.29, 0.717) is 22.6 Å². The number of hydrogen-bond acceptors (Lipinski definition) is 4. The Morgan fingerprint density at radius 2 is 1.95 bits per heavy atom. The summed E-state index contributed by atoms with van der Waals surface area (Å²) in [6.45, 7) is 0.149. The molecule has 2 aromatic rings. The number of nitrogens with two attached hydrogens (primary N) is 1.